The minimum absolute atomic E-state index is 0.510. The van der Waals surface area contributed by atoms with Gasteiger partial charge in [0.2, 0.25) is 0 Å². The third kappa shape index (κ3) is 5.02. The van der Waals surface area contributed by atoms with Gasteiger partial charge in [-0.05, 0) is 42.0 Å². The van der Waals surface area contributed by atoms with Crippen molar-refractivity contribution in [3.05, 3.63) is 70.8 Å². The van der Waals surface area contributed by atoms with Crippen LogP contribution in [0.4, 0.5) is 0 Å². The molecule has 4 nitrogen and oxygen atoms in total. The molecule has 0 aromatic heterocycles. The first-order valence-corrected chi connectivity index (χ1v) is 9.52. The largest absolute Gasteiger partial charge is 0.346 e. The van der Waals surface area contributed by atoms with Gasteiger partial charge in [0.05, 0.1) is 0 Å². The summed E-state index contributed by atoms with van der Waals surface area (Å²) in [7, 11) is -4.27. The lowest BCUT2D eigenvalue weighted by atomic mass is 10.1. The monoisotopic (exact) mass is 333 g/mol. The highest BCUT2D eigenvalue weighted by Crippen LogP contribution is 2.49. The summed E-state index contributed by atoms with van der Waals surface area (Å²) in [4.78, 5) is 19.3. The molecule has 5 heteroatoms. The summed E-state index contributed by atoms with van der Waals surface area (Å²) in [5, 5.41) is 3.03. The number of aryl methyl sites for hydroxylation is 2. The van der Waals surface area contributed by atoms with E-state index in [2.05, 4.69) is 12.2 Å². The molecular weight excluding hydrogens is 309 g/mol. The molecule has 0 aliphatic carbocycles. The van der Waals surface area contributed by atoms with Gasteiger partial charge in [-0.3, -0.25) is 9.88 Å². The average molecular weight is 333 g/mol. The second-order valence-corrected chi connectivity index (χ2v) is 7.41. The van der Waals surface area contributed by atoms with Gasteiger partial charge < -0.3 is 9.79 Å². The molecule has 0 radical (unpaired) electrons. The van der Waals surface area contributed by atoms with E-state index in [1.54, 1.807) is 12.1 Å². The number of benzene rings is 2. The molecule has 0 heterocycles. The van der Waals surface area contributed by atoms with Crippen molar-refractivity contribution in [3.8, 4) is 0 Å². The van der Waals surface area contributed by atoms with Crippen molar-refractivity contribution in [2.45, 2.75) is 32.5 Å². The molecule has 0 saturated heterocycles. The molecule has 0 bridgehead atoms. The van der Waals surface area contributed by atoms with Crippen molar-refractivity contribution in [1.29, 1.82) is 0 Å². The summed E-state index contributed by atoms with van der Waals surface area (Å²) < 4.78 is 11.8. The standard InChI is InChI=1S/C18H24NO3P/c1-3-15-8-10-17(11-9-15)18(23(20,21)22)19-13-12-16-7-5-4-6-14(16)2/h4-11,18-19H,3,12-13H2,1-2H3,(H2,20,21,22). The van der Waals surface area contributed by atoms with E-state index in [-0.39, 0.29) is 0 Å². The molecule has 0 aliphatic rings. The molecule has 1 unspecified atom stereocenters. The minimum Gasteiger partial charge on any atom is -0.323 e. The normalized spacial score (nSPS) is 13.0. The Labute approximate surface area is 137 Å². The van der Waals surface area contributed by atoms with Crippen LogP contribution >= 0.6 is 7.60 Å². The van der Waals surface area contributed by atoms with E-state index < -0.39 is 13.4 Å². The van der Waals surface area contributed by atoms with E-state index in [0.29, 0.717) is 12.1 Å². The van der Waals surface area contributed by atoms with Gasteiger partial charge in [0.15, 0.2) is 0 Å². The van der Waals surface area contributed by atoms with Crippen LogP contribution in [0.1, 0.15) is 35.0 Å². The zero-order valence-electron chi connectivity index (χ0n) is 13.6. The summed E-state index contributed by atoms with van der Waals surface area (Å²) in [6, 6.07) is 15.5. The highest BCUT2D eigenvalue weighted by molar-refractivity contribution is 7.52. The molecule has 2 aromatic rings. The fourth-order valence-electron chi connectivity index (χ4n) is 2.60. The van der Waals surface area contributed by atoms with Crippen LogP contribution in [0.5, 0.6) is 0 Å². The second-order valence-electron chi connectivity index (χ2n) is 5.72. The van der Waals surface area contributed by atoms with Gasteiger partial charge in [-0.15, -0.1) is 0 Å². The molecule has 124 valence electrons. The smallest absolute Gasteiger partial charge is 0.323 e. The summed E-state index contributed by atoms with van der Waals surface area (Å²) in [6.07, 6.45) is 1.64. The zero-order valence-corrected chi connectivity index (χ0v) is 14.5. The highest BCUT2D eigenvalue weighted by atomic mass is 31.2. The van der Waals surface area contributed by atoms with Gasteiger partial charge in [-0.2, -0.15) is 0 Å². The third-order valence-corrected chi connectivity index (χ3v) is 5.19. The molecule has 2 aromatic carbocycles. The lowest BCUT2D eigenvalue weighted by molar-refractivity contribution is 0.348. The van der Waals surface area contributed by atoms with Crippen molar-refractivity contribution >= 4 is 7.60 Å². The lowest BCUT2D eigenvalue weighted by Gasteiger charge is -2.21. The molecule has 1 atom stereocenters. The van der Waals surface area contributed by atoms with E-state index >= 15 is 0 Å². The fraction of sp³-hybridized carbons (Fsp3) is 0.333. The molecule has 23 heavy (non-hydrogen) atoms. The maximum Gasteiger partial charge on any atom is 0.346 e. The first-order valence-electron chi connectivity index (χ1n) is 7.83. The Bertz CT molecular complexity index is 679. The average Bonchev–Trinajstić information content (AvgIpc) is 2.52. The van der Waals surface area contributed by atoms with Crippen molar-refractivity contribution in [1.82, 2.24) is 5.32 Å². The molecule has 2 rings (SSSR count). The van der Waals surface area contributed by atoms with Crippen LogP contribution in [0.3, 0.4) is 0 Å². The molecule has 0 fully saturated rings. The Hall–Kier alpha value is -1.45. The Morgan fingerprint density at radius 1 is 1.09 bits per heavy atom. The highest BCUT2D eigenvalue weighted by Gasteiger charge is 2.29. The first kappa shape index (κ1) is 17.9. The van der Waals surface area contributed by atoms with Gasteiger partial charge in [-0.25, -0.2) is 0 Å². The molecular formula is C18H24NO3P. The summed E-state index contributed by atoms with van der Waals surface area (Å²) in [6.45, 7) is 4.60. The van der Waals surface area contributed by atoms with Gasteiger partial charge in [-0.1, -0.05) is 55.5 Å². The van der Waals surface area contributed by atoms with E-state index in [1.807, 2.05) is 43.3 Å². The van der Waals surface area contributed by atoms with Crippen LogP contribution in [0.25, 0.3) is 0 Å². The number of rotatable bonds is 7. The molecule has 0 amide bonds. The Balaban J connectivity index is 2.07. The van der Waals surface area contributed by atoms with E-state index in [9.17, 15) is 14.4 Å². The lowest BCUT2D eigenvalue weighted by Crippen LogP contribution is -2.24. The van der Waals surface area contributed by atoms with Crippen molar-refractivity contribution < 1.29 is 14.4 Å². The minimum atomic E-state index is -4.27. The molecule has 3 N–H and O–H groups in total. The maximum absolute atomic E-state index is 11.8. The third-order valence-electron chi connectivity index (χ3n) is 4.03. The van der Waals surface area contributed by atoms with Crippen LogP contribution in [-0.4, -0.2) is 16.3 Å². The van der Waals surface area contributed by atoms with Gasteiger partial charge in [0.1, 0.15) is 5.78 Å². The van der Waals surface area contributed by atoms with Crippen LogP contribution in [0, 0.1) is 6.92 Å². The SMILES string of the molecule is CCc1ccc(C(NCCc2ccccc2C)P(=O)(O)O)cc1. The summed E-state index contributed by atoms with van der Waals surface area (Å²) >= 11 is 0. The summed E-state index contributed by atoms with van der Waals surface area (Å²) in [5.74, 6) is -0.961. The van der Waals surface area contributed by atoms with Crippen LogP contribution < -0.4 is 5.32 Å². The quantitative estimate of drug-likeness (QED) is 0.678. The van der Waals surface area contributed by atoms with Crippen molar-refractivity contribution in [2.24, 2.45) is 0 Å². The van der Waals surface area contributed by atoms with Crippen molar-refractivity contribution in [3.63, 3.8) is 0 Å². The van der Waals surface area contributed by atoms with E-state index in [1.165, 1.54) is 11.1 Å². The predicted molar refractivity (Wildman–Crippen MR) is 93.5 cm³/mol. The predicted octanol–water partition coefficient (Wildman–Crippen LogP) is 3.57. The summed E-state index contributed by atoms with van der Waals surface area (Å²) in [5.41, 5.74) is 4.15. The Kier molecular flexibility index (Phi) is 6.14. The fourth-order valence-corrected chi connectivity index (χ4v) is 3.53. The number of nitrogens with one attached hydrogen (secondary N) is 1. The van der Waals surface area contributed by atoms with Crippen molar-refractivity contribution in [2.75, 3.05) is 6.54 Å². The van der Waals surface area contributed by atoms with Gasteiger partial charge >= 0.3 is 7.60 Å². The Morgan fingerprint density at radius 2 is 1.74 bits per heavy atom. The van der Waals surface area contributed by atoms with Crippen LogP contribution in [-0.2, 0) is 17.4 Å². The zero-order chi connectivity index (χ0) is 16.9. The molecule has 0 spiro atoms. The molecule has 0 saturated carbocycles. The van der Waals surface area contributed by atoms with E-state index in [0.717, 1.165) is 18.4 Å². The number of hydrogen-bond donors (Lipinski definition) is 3. The van der Waals surface area contributed by atoms with Crippen LogP contribution in [0.2, 0.25) is 0 Å². The van der Waals surface area contributed by atoms with Gasteiger partial charge in [0.25, 0.3) is 0 Å². The van der Waals surface area contributed by atoms with Crippen LogP contribution in [0.15, 0.2) is 48.5 Å². The topological polar surface area (TPSA) is 69.6 Å². The number of hydrogen-bond acceptors (Lipinski definition) is 2. The second kappa shape index (κ2) is 7.89. The molecule has 0 aliphatic heterocycles. The first-order chi connectivity index (χ1) is 10.9. The van der Waals surface area contributed by atoms with E-state index in [4.69, 9.17) is 0 Å². The Morgan fingerprint density at radius 3 is 2.30 bits per heavy atom. The maximum atomic E-state index is 11.8. The van der Waals surface area contributed by atoms with Gasteiger partial charge in [0, 0.05) is 6.54 Å².